The number of aromatic nitrogens is 1. The summed E-state index contributed by atoms with van der Waals surface area (Å²) in [6.07, 6.45) is 8.19. The van der Waals surface area contributed by atoms with Crippen molar-refractivity contribution in [1.29, 1.82) is 0 Å². The van der Waals surface area contributed by atoms with E-state index in [1.54, 1.807) is 0 Å². The van der Waals surface area contributed by atoms with Crippen molar-refractivity contribution in [2.45, 2.75) is 51.2 Å². The third-order valence-electron chi connectivity index (χ3n) is 6.35. The summed E-state index contributed by atoms with van der Waals surface area (Å²) >= 11 is 0. The molecule has 1 heterocycles. The van der Waals surface area contributed by atoms with Gasteiger partial charge in [-0.1, -0.05) is 29.8 Å². The number of quaternary nitrogens is 1. The van der Waals surface area contributed by atoms with E-state index in [-0.39, 0.29) is 0 Å². The monoisotopic (exact) mass is 476 g/mol. The number of hydroxylamine groups is 2. The average molecular weight is 477 g/mol. The van der Waals surface area contributed by atoms with Gasteiger partial charge in [-0.05, 0) is 70.1 Å². The Morgan fingerprint density at radius 1 is 0.971 bits per heavy atom. The Morgan fingerprint density at radius 2 is 1.65 bits per heavy atom. The Kier molecular flexibility index (Phi) is 13.7. The molecular weight excluding hydrogens is 428 g/mol. The van der Waals surface area contributed by atoms with E-state index >= 15 is 0 Å². The molecule has 0 saturated heterocycles. The van der Waals surface area contributed by atoms with E-state index in [4.69, 9.17) is 5.73 Å². The number of nitrogens with two attached hydrogens (primary N) is 1. The molecule has 1 aromatic carbocycles. The van der Waals surface area contributed by atoms with Crippen molar-refractivity contribution in [2.24, 2.45) is 5.73 Å². The van der Waals surface area contributed by atoms with Crippen LogP contribution in [-0.4, -0.2) is 92.5 Å². The predicted molar refractivity (Wildman–Crippen MR) is 140 cm³/mol. The fourth-order valence-electron chi connectivity index (χ4n) is 4.26. The lowest BCUT2D eigenvalue weighted by molar-refractivity contribution is -0.890. The van der Waals surface area contributed by atoms with E-state index in [9.17, 15) is 10.3 Å². The van der Waals surface area contributed by atoms with Gasteiger partial charge in [-0.3, -0.25) is 5.32 Å². The molecule has 194 valence electrons. The zero-order valence-corrected chi connectivity index (χ0v) is 21.4. The maximum absolute atomic E-state index is 10.3. The highest BCUT2D eigenvalue weighted by atomic mass is 16.5. The largest absolute Gasteiger partial charge is 0.663 e. The molecule has 0 aliphatic carbocycles. The van der Waals surface area contributed by atoms with E-state index in [0.717, 1.165) is 59.8 Å². The van der Waals surface area contributed by atoms with E-state index in [2.05, 4.69) is 29.7 Å². The second-order valence-corrected chi connectivity index (χ2v) is 9.97. The number of benzene rings is 1. The second-order valence-electron chi connectivity index (χ2n) is 9.97. The van der Waals surface area contributed by atoms with E-state index < -0.39 is 6.23 Å². The highest BCUT2D eigenvalue weighted by Gasteiger charge is 2.13. The van der Waals surface area contributed by atoms with Crippen molar-refractivity contribution < 1.29 is 14.8 Å². The molecule has 8 heteroatoms. The van der Waals surface area contributed by atoms with Crippen molar-refractivity contribution >= 4 is 10.9 Å². The lowest BCUT2D eigenvalue weighted by atomic mass is 10.1. The van der Waals surface area contributed by atoms with Gasteiger partial charge in [0.25, 0.3) is 0 Å². The number of aliphatic hydroxyl groups is 1. The van der Waals surface area contributed by atoms with Gasteiger partial charge in [-0.25, -0.2) is 0 Å². The summed E-state index contributed by atoms with van der Waals surface area (Å²) in [5.74, 6) is 0. The summed E-state index contributed by atoms with van der Waals surface area (Å²) in [5.41, 5.74) is 7.60. The van der Waals surface area contributed by atoms with Gasteiger partial charge in [0.2, 0.25) is 0 Å². The van der Waals surface area contributed by atoms with E-state index in [1.807, 2.05) is 30.5 Å². The third-order valence-corrected chi connectivity index (χ3v) is 6.35. The molecule has 1 unspecified atom stereocenters. The molecule has 2 rings (SSSR count). The van der Waals surface area contributed by atoms with Gasteiger partial charge in [0.15, 0.2) is 0 Å². The molecule has 0 radical (unpaired) electrons. The lowest BCUT2D eigenvalue weighted by Gasteiger charge is -2.29. The second kappa shape index (κ2) is 16.2. The first-order chi connectivity index (χ1) is 16.4. The van der Waals surface area contributed by atoms with Crippen molar-refractivity contribution in [1.82, 2.24) is 20.7 Å². The summed E-state index contributed by atoms with van der Waals surface area (Å²) in [6, 6.07) is 7.98. The first-order valence-corrected chi connectivity index (χ1v) is 13.0. The number of hydrogen-bond acceptors (Lipinski definition) is 6. The van der Waals surface area contributed by atoms with Crippen molar-refractivity contribution in [3.8, 4) is 0 Å². The highest BCUT2D eigenvalue weighted by molar-refractivity contribution is 5.82. The molecule has 2 aromatic rings. The van der Waals surface area contributed by atoms with Crippen LogP contribution in [0.15, 0.2) is 30.5 Å². The quantitative estimate of drug-likeness (QED) is 0.0860. The van der Waals surface area contributed by atoms with Crippen LogP contribution in [0.2, 0.25) is 0 Å². The Bertz CT molecular complexity index is 781. The Morgan fingerprint density at radius 3 is 2.41 bits per heavy atom. The molecule has 0 saturated carbocycles. The minimum absolute atomic E-state index is 0.528. The van der Waals surface area contributed by atoms with E-state index in [0.29, 0.717) is 26.1 Å². The number of rotatable bonds is 20. The molecule has 0 spiro atoms. The minimum atomic E-state index is -0.612. The first-order valence-electron chi connectivity index (χ1n) is 13.0. The summed E-state index contributed by atoms with van der Waals surface area (Å²) in [4.78, 5) is 4.38. The van der Waals surface area contributed by atoms with Gasteiger partial charge in [0, 0.05) is 19.5 Å². The number of nitrogens with zero attached hydrogens (tertiary/aromatic N) is 3. The summed E-state index contributed by atoms with van der Waals surface area (Å²) in [5, 5.41) is 29.4. The maximum Gasteiger partial charge on any atom is 0.108 e. The highest BCUT2D eigenvalue weighted by Crippen LogP contribution is 2.17. The minimum Gasteiger partial charge on any atom is -0.663 e. The fourth-order valence-corrected chi connectivity index (χ4v) is 4.26. The molecule has 8 nitrogen and oxygen atoms in total. The maximum atomic E-state index is 10.3. The molecular formula is C26H48N6O2. The molecule has 0 bridgehead atoms. The van der Waals surface area contributed by atoms with Crippen molar-refractivity contribution in [3.05, 3.63) is 36.0 Å². The molecule has 1 aromatic heterocycles. The standard InChI is InChI=1S/C26H48N6O2/c1-32(2,19-7-5-13-27)20-8-6-14-28-15-9-17-31(34)18-10-16-29-26(33)21-23-22-30-25-12-4-3-11-24(23)25/h3-4,11-12,22,26,28-29,33-34H,5-10,13-21,27H2,1-2H3. The predicted octanol–water partition coefficient (Wildman–Crippen LogP) is 1.90. The van der Waals surface area contributed by atoms with Gasteiger partial charge in [0.1, 0.15) is 6.23 Å². The zero-order valence-electron chi connectivity index (χ0n) is 21.4. The molecule has 1 atom stereocenters. The van der Waals surface area contributed by atoms with E-state index in [1.165, 1.54) is 37.4 Å². The van der Waals surface area contributed by atoms with Crippen LogP contribution in [0, 0.1) is 0 Å². The number of aliphatic hydroxyl groups excluding tert-OH is 1. The number of para-hydroxylation sites is 1. The number of hydrogen-bond donors (Lipinski definition) is 5. The van der Waals surface area contributed by atoms with Crippen molar-refractivity contribution in [3.63, 3.8) is 0 Å². The Hall–Kier alpha value is -1.52. The molecule has 0 fully saturated rings. The lowest BCUT2D eigenvalue weighted by Crippen LogP contribution is -2.41. The van der Waals surface area contributed by atoms with Gasteiger partial charge in [-0.15, -0.1) is 5.52 Å². The van der Waals surface area contributed by atoms with Crippen LogP contribution in [0.25, 0.3) is 10.9 Å². The zero-order chi connectivity index (χ0) is 24.7. The summed E-state index contributed by atoms with van der Waals surface area (Å²) in [6.45, 7) is 7.07. The van der Waals surface area contributed by atoms with Crippen LogP contribution < -0.4 is 21.4 Å². The van der Waals surface area contributed by atoms with Crippen LogP contribution >= 0.6 is 0 Å². The third kappa shape index (κ3) is 11.8. The normalized spacial score (nSPS) is 13.2. The molecule has 0 amide bonds. The molecule has 6 N–H and O–H groups in total. The van der Waals surface area contributed by atoms with Gasteiger partial charge >= 0.3 is 0 Å². The fraction of sp³-hybridized carbons (Fsp3) is 0.692. The molecule has 0 aliphatic heterocycles. The topological polar surface area (TPSA) is 108 Å². The Labute approximate surface area is 206 Å². The van der Waals surface area contributed by atoms with Crippen LogP contribution in [0.1, 0.15) is 44.1 Å². The molecule has 0 aliphatic rings. The SMILES string of the molecule is C[N+](C)(CCCCN)CCCCNCCCN(O)CCCNC(O)Cc1c[n-]c2ccccc12. The van der Waals surface area contributed by atoms with Crippen LogP contribution in [0.3, 0.4) is 0 Å². The number of fused-ring (bicyclic) bond motifs is 1. The molecule has 34 heavy (non-hydrogen) atoms. The first kappa shape index (κ1) is 28.7. The number of nitrogens with one attached hydrogen (secondary N) is 2. The summed E-state index contributed by atoms with van der Waals surface area (Å²) < 4.78 is 1.08. The van der Waals surface area contributed by atoms with Gasteiger partial charge in [0.05, 0.1) is 27.2 Å². The van der Waals surface area contributed by atoms with Crippen LogP contribution in [0.4, 0.5) is 0 Å². The van der Waals surface area contributed by atoms with Gasteiger partial charge in [-0.2, -0.15) is 11.3 Å². The van der Waals surface area contributed by atoms with Crippen molar-refractivity contribution in [2.75, 3.05) is 66.5 Å². The smallest absolute Gasteiger partial charge is 0.108 e. The van der Waals surface area contributed by atoms with Crippen LogP contribution in [-0.2, 0) is 6.42 Å². The number of unbranched alkanes of at least 4 members (excludes halogenated alkanes) is 2. The summed E-state index contributed by atoms with van der Waals surface area (Å²) in [7, 11) is 4.61. The van der Waals surface area contributed by atoms with Crippen LogP contribution in [0.5, 0.6) is 0 Å². The Balaban J connectivity index is 1.42. The average Bonchev–Trinajstić information content (AvgIpc) is 3.21. The van der Waals surface area contributed by atoms with Gasteiger partial charge < -0.3 is 30.8 Å².